The van der Waals surface area contributed by atoms with Crippen LogP contribution in [-0.2, 0) is 0 Å². The number of nitrogens with two attached hydrogens (primary N) is 1. The summed E-state index contributed by atoms with van der Waals surface area (Å²) in [4.78, 5) is 2.39. The van der Waals surface area contributed by atoms with Gasteiger partial charge in [0.25, 0.3) is 0 Å². The minimum atomic E-state index is 0.503. The number of hydrogen-bond donors (Lipinski definition) is 1. The molecule has 0 bridgehead atoms. The first-order valence-corrected chi connectivity index (χ1v) is 4.67. The van der Waals surface area contributed by atoms with Gasteiger partial charge in [0.15, 0.2) is 0 Å². The van der Waals surface area contributed by atoms with Crippen molar-refractivity contribution < 1.29 is 0 Å². The second kappa shape index (κ2) is 5.18. The molecule has 2 nitrogen and oxygen atoms in total. The van der Waals surface area contributed by atoms with Gasteiger partial charge in [-0.2, -0.15) is 0 Å². The van der Waals surface area contributed by atoms with Crippen LogP contribution in [0, 0.1) is 17.8 Å². The summed E-state index contributed by atoms with van der Waals surface area (Å²) in [5.74, 6) is 6.82. The van der Waals surface area contributed by atoms with E-state index in [9.17, 15) is 0 Å². The van der Waals surface area contributed by atoms with Crippen molar-refractivity contribution >= 4 is 0 Å². The average molecular weight is 166 g/mol. The largest absolute Gasteiger partial charge is 0.320 e. The van der Waals surface area contributed by atoms with Crippen molar-refractivity contribution in [3.8, 4) is 11.8 Å². The number of likely N-dealkylation sites (tertiary alicyclic amines) is 1. The fourth-order valence-electron chi connectivity index (χ4n) is 1.73. The molecule has 2 heteroatoms. The summed E-state index contributed by atoms with van der Waals surface area (Å²) in [5.41, 5.74) is 5.29. The lowest BCUT2D eigenvalue weighted by molar-refractivity contribution is 0.213. The summed E-state index contributed by atoms with van der Waals surface area (Å²) in [6.07, 6.45) is 3.69. The van der Waals surface area contributed by atoms with Gasteiger partial charge in [-0.05, 0) is 32.4 Å². The van der Waals surface area contributed by atoms with E-state index >= 15 is 0 Å². The van der Waals surface area contributed by atoms with Gasteiger partial charge in [0.2, 0.25) is 0 Å². The summed E-state index contributed by atoms with van der Waals surface area (Å²) in [5, 5.41) is 0. The molecule has 1 unspecified atom stereocenters. The third-order valence-electron chi connectivity index (χ3n) is 2.34. The van der Waals surface area contributed by atoms with Gasteiger partial charge in [0.05, 0.1) is 6.54 Å². The van der Waals surface area contributed by atoms with E-state index in [-0.39, 0.29) is 0 Å². The van der Waals surface area contributed by atoms with E-state index in [0.717, 1.165) is 12.3 Å². The van der Waals surface area contributed by atoms with Crippen LogP contribution >= 0.6 is 0 Å². The lowest BCUT2D eigenvalue weighted by atomic mass is 9.95. The lowest BCUT2D eigenvalue weighted by Crippen LogP contribution is -2.31. The highest BCUT2D eigenvalue weighted by atomic mass is 15.1. The van der Waals surface area contributed by atoms with Gasteiger partial charge in [0.1, 0.15) is 0 Å². The van der Waals surface area contributed by atoms with Crippen molar-refractivity contribution in [1.29, 1.82) is 0 Å². The highest BCUT2D eigenvalue weighted by Crippen LogP contribution is 2.17. The quantitative estimate of drug-likeness (QED) is 0.580. The Bertz CT molecular complexity index is 178. The third-order valence-corrected chi connectivity index (χ3v) is 2.34. The van der Waals surface area contributed by atoms with Crippen LogP contribution in [0.3, 0.4) is 0 Å². The van der Waals surface area contributed by atoms with Gasteiger partial charge >= 0.3 is 0 Å². The highest BCUT2D eigenvalue weighted by Gasteiger charge is 2.15. The number of rotatable bonds is 1. The molecule has 1 aliphatic rings. The van der Waals surface area contributed by atoms with Gasteiger partial charge < -0.3 is 10.6 Å². The van der Waals surface area contributed by atoms with Crippen molar-refractivity contribution in [2.24, 2.45) is 11.7 Å². The lowest BCUT2D eigenvalue weighted by Gasteiger charge is -2.28. The second-order valence-corrected chi connectivity index (χ2v) is 3.53. The molecule has 1 saturated heterocycles. The fraction of sp³-hybridized carbons (Fsp3) is 0.800. The zero-order valence-electron chi connectivity index (χ0n) is 7.84. The molecule has 68 valence electrons. The van der Waals surface area contributed by atoms with Crippen molar-refractivity contribution in [3.63, 3.8) is 0 Å². The molecule has 0 spiro atoms. The first-order valence-electron chi connectivity index (χ1n) is 4.67. The van der Waals surface area contributed by atoms with E-state index in [4.69, 9.17) is 5.73 Å². The minimum absolute atomic E-state index is 0.503. The summed E-state index contributed by atoms with van der Waals surface area (Å²) in [6, 6.07) is 0. The van der Waals surface area contributed by atoms with E-state index in [2.05, 4.69) is 23.8 Å². The molecule has 1 fully saturated rings. The molecular formula is C10H18N2. The Labute approximate surface area is 75.1 Å². The van der Waals surface area contributed by atoms with Gasteiger partial charge in [-0.1, -0.05) is 5.92 Å². The maximum atomic E-state index is 5.29. The van der Waals surface area contributed by atoms with E-state index < -0.39 is 0 Å². The van der Waals surface area contributed by atoms with Crippen molar-refractivity contribution in [1.82, 2.24) is 4.90 Å². The molecule has 0 saturated carbocycles. The highest BCUT2D eigenvalue weighted by molar-refractivity contribution is 5.01. The topological polar surface area (TPSA) is 29.3 Å². The molecule has 0 aliphatic carbocycles. The van der Waals surface area contributed by atoms with Crippen molar-refractivity contribution in [2.75, 3.05) is 26.7 Å². The molecule has 0 aromatic heterocycles. The average Bonchev–Trinajstić information content (AvgIpc) is 2.05. The minimum Gasteiger partial charge on any atom is -0.320 e. The van der Waals surface area contributed by atoms with Crippen LogP contribution in [0.5, 0.6) is 0 Å². The zero-order chi connectivity index (χ0) is 8.81. The molecule has 0 amide bonds. The summed E-state index contributed by atoms with van der Waals surface area (Å²) in [6.45, 7) is 2.96. The number of nitrogens with zero attached hydrogens (tertiary/aromatic N) is 1. The molecule has 1 atom stereocenters. The maximum absolute atomic E-state index is 5.29. The Morgan fingerprint density at radius 3 is 3.00 bits per heavy atom. The van der Waals surface area contributed by atoms with Crippen LogP contribution in [-0.4, -0.2) is 31.6 Å². The number of piperidine rings is 1. The Morgan fingerprint density at radius 1 is 1.50 bits per heavy atom. The third kappa shape index (κ3) is 3.25. The molecule has 0 radical (unpaired) electrons. The van der Waals surface area contributed by atoms with Crippen LogP contribution < -0.4 is 5.73 Å². The van der Waals surface area contributed by atoms with Crippen LogP contribution in [0.25, 0.3) is 0 Å². The normalized spacial score (nSPS) is 24.7. The molecule has 2 N–H and O–H groups in total. The smallest absolute Gasteiger partial charge is 0.0551 e. The van der Waals surface area contributed by atoms with E-state index in [1.54, 1.807) is 0 Å². The van der Waals surface area contributed by atoms with Crippen LogP contribution in [0.15, 0.2) is 0 Å². The molecule has 1 aliphatic heterocycles. The SMILES string of the molecule is CN1CCCC(CC#CCN)C1. The molecule has 12 heavy (non-hydrogen) atoms. The Hall–Kier alpha value is -0.520. The molecule has 1 rings (SSSR count). The fourth-order valence-corrected chi connectivity index (χ4v) is 1.73. The predicted octanol–water partition coefficient (Wildman–Crippen LogP) is 0.680. The first kappa shape index (κ1) is 9.57. The Balaban J connectivity index is 2.22. The second-order valence-electron chi connectivity index (χ2n) is 3.53. The maximum Gasteiger partial charge on any atom is 0.0551 e. The van der Waals surface area contributed by atoms with Gasteiger partial charge in [-0.3, -0.25) is 0 Å². The molecule has 0 aromatic rings. The monoisotopic (exact) mass is 166 g/mol. The molecule has 1 heterocycles. The van der Waals surface area contributed by atoms with Crippen LogP contribution in [0.2, 0.25) is 0 Å². The summed E-state index contributed by atoms with van der Waals surface area (Å²) < 4.78 is 0. The predicted molar refractivity (Wildman–Crippen MR) is 51.7 cm³/mol. The number of hydrogen-bond acceptors (Lipinski definition) is 2. The first-order chi connectivity index (χ1) is 5.83. The van der Waals surface area contributed by atoms with Crippen LogP contribution in [0.4, 0.5) is 0 Å². The van der Waals surface area contributed by atoms with E-state index in [1.807, 2.05) is 0 Å². The van der Waals surface area contributed by atoms with Crippen molar-refractivity contribution in [2.45, 2.75) is 19.3 Å². The van der Waals surface area contributed by atoms with Crippen molar-refractivity contribution in [3.05, 3.63) is 0 Å². The Morgan fingerprint density at radius 2 is 2.33 bits per heavy atom. The molecular weight excluding hydrogens is 148 g/mol. The summed E-state index contributed by atoms with van der Waals surface area (Å²) in [7, 11) is 2.18. The van der Waals surface area contributed by atoms with E-state index in [1.165, 1.54) is 25.9 Å². The summed E-state index contributed by atoms with van der Waals surface area (Å²) >= 11 is 0. The Kier molecular flexibility index (Phi) is 4.13. The zero-order valence-corrected chi connectivity index (χ0v) is 7.84. The van der Waals surface area contributed by atoms with Gasteiger partial charge in [-0.25, -0.2) is 0 Å². The van der Waals surface area contributed by atoms with Gasteiger partial charge in [0, 0.05) is 13.0 Å². The molecule has 0 aromatic carbocycles. The van der Waals surface area contributed by atoms with Crippen LogP contribution in [0.1, 0.15) is 19.3 Å². The standard InChI is InChI=1S/C10H18N2/c1-12-8-4-6-10(9-12)5-2-3-7-11/h10H,4-9,11H2,1H3. The van der Waals surface area contributed by atoms with Gasteiger partial charge in [-0.15, -0.1) is 5.92 Å². The van der Waals surface area contributed by atoms with E-state index in [0.29, 0.717) is 6.54 Å².